The molecular formula is C21H24O. The van der Waals surface area contributed by atoms with Crippen LogP contribution < -0.4 is 0 Å². The summed E-state index contributed by atoms with van der Waals surface area (Å²) in [5.41, 5.74) is 6.00. The van der Waals surface area contributed by atoms with Crippen LogP contribution in [0.1, 0.15) is 44.2 Å². The molecular weight excluding hydrogens is 268 g/mol. The SMILES string of the molecule is C=C(C)COC1(CCCC)c2ccccc2-c2ccccc21. The van der Waals surface area contributed by atoms with Gasteiger partial charge >= 0.3 is 0 Å². The van der Waals surface area contributed by atoms with Gasteiger partial charge in [0, 0.05) is 0 Å². The van der Waals surface area contributed by atoms with Crippen LogP contribution in [0.4, 0.5) is 0 Å². The zero-order valence-corrected chi connectivity index (χ0v) is 13.6. The summed E-state index contributed by atoms with van der Waals surface area (Å²) in [4.78, 5) is 0. The highest BCUT2D eigenvalue weighted by molar-refractivity contribution is 5.80. The zero-order chi connectivity index (χ0) is 15.6. The Morgan fingerprint density at radius 3 is 2.05 bits per heavy atom. The molecule has 0 radical (unpaired) electrons. The van der Waals surface area contributed by atoms with E-state index in [1.807, 2.05) is 6.92 Å². The molecule has 0 atom stereocenters. The maximum atomic E-state index is 6.51. The van der Waals surface area contributed by atoms with Gasteiger partial charge in [-0.15, -0.1) is 0 Å². The summed E-state index contributed by atoms with van der Waals surface area (Å²) in [6.45, 7) is 8.88. The molecule has 3 rings (SSSR count). The minimum absolute atomic E-state index is 0.317. The van der Waals surface area contributed by atoms with Crippen molar-refractivity contribution in [2.24, 2.45) is 0 Å². The minimum atomic E-state index is -0.317. The maximum absolute atomic E-state index is 6.51. The summed E-state index contributed by atoms with van der Waals surface area (Å²) >= 11 is 0. The summed E-state index contributed by atoms with van der Waals surface area (Å²) in [5.74, 6) is 0. The summed E-state index contributed by atoms with van der Waals surface area (Å²) < 4.78 is 6.51. The van der Waals surface area contributed by atoms with Crippen LogP contribution in [-0.4, -0.2) is 6.61 Å². The first-order valence-corrected chi connectivity index (χ1v) is 8.17. The fourth-order valence-electron chi connectivity index (χ4n) is 3.45. The molecule has 22 heavy (non-hydrogen) atoms. The quantitative estimate of drug-likeness (QED) is 0.621. The molecule has 0 saturated heterocycles. The smallest absolute Gasteiger partial charge is 0.120 e. The molecule has 0 heterocycles. The largest absolute Gasteiger partial charge is 0.361 e. The average Bonchev–Trinajstić information content (AvgIpc) is 2.82. The Labute approximate surface area is 133 Å². The predicted octanol–water partition coefficient (Wildman–Crippen LogP) is 5.69. The highest BCUT2D eigenvalue weighted by atomic mass is 16.5. The maximum Gasteiger partial charge on any atom is 0.120 e. The first kappa shape index (κ1) is 15.1. The van der Waals surface area contributed by atoms with Crippen molar-refractivity contribution in [2.75, 3.05) is 6.61 Å². The standard InChI is InChI=1S/C21H24O/c1-4-5-14-21(22-15-16(2)3)19-12-8-6-10-17(19)18-11-7-9-13-20(18)21/h6-13H,2,4-5,14-15H2,1,3H3. The Balaban J connectivity index is 2.16. The van der Waals surface area contributed by atoms with Crippen molar-refractivity contribution in [3.05, 3.63) is 71.8 Å². The monoisotopic (exact) mass is 292 g/mol. The van der Waals surface area contributed by atoms with E-state index in [1.54, 1.807) is 0 Å². The van der Waals surface area contributed by atoms with Crippen molar-refractivity contribution in [1.82, 2.24) is 0 Å². The minimum Gasteiger partial charge on any atom is -0.361 e. The van der Waals surface area contributed by atoms with Crippen molar-refractivity contribution in [3.63, 3.8) is 0 Å². The van der Waals surface area contributed by atoms with Gasteiger partial charge < -0.3 is 4.74 Å². The molecule has 0 aliphatic heterocycles. The average molecular weight is 292 g/mol. The lowest BCUT2D eigenvalue weighted by Crippen LogP contribution is -2.29. The Kier molecular flexibility index (Phi) is 4.17. The molecule has 0 bridgehead atoms. The lowest BCUT2D eigenvalue weighted by Gasteiger charge is -2.32. The molecule has 2 aromatic carbocycles. The Morgan fingerprint density at radius 1 is 1.00 bits per heavy atom. The van der Waals surface area contributed by atoms with E-state index in [0.29, 0.717) is 6.61 Å². The van der Waals surface area contributed by atoms with Crippen molar-refractivity contribution in [2.45, 2.75) is 38.7 Å². The molecule has 1 aliphatic rings. The van der Waals surface area contributed by atoms with E-state index < -0.39 is 0 Å². The summed E-state index contributed by atoms with van der Waals surface area (Å²) in [6, 6.07) is 17.4. The highest BCUT2D eigenvalue weighted by Crippen LogP contribution is 2.52. The van der Waals surface area contributed by atoms with Gasteiger partial charge in [-0.25, -0.2) is 0 Å². The van der Waals surface area contributed by atoms with Gasteiger partial charge in [-0.05, 0) is 35.6 Å². The number of benzene rings is 2. The van der Waals surface area contributed by atoms with Gasteiger partial charge in [-0.1, -0.05) is 80.4 Å². The molecule has 0 N–H and O–H groups in total. The predicted molar refractivity (Wildman–Crippen MR) is 92.9 cm³/mol. The first-order valence-electron chi connectivity index (χ1n) is 8.17. The van der Waals surface area contributed by atoms with Crippen LogP contribution in [0, 0.1) is 0 Å². The second-order valence-corrected chi connectivity index (χ2v) is 6.27. The lowest BCUT2D eigenvalue weighted by atomic mass is 9.86. The number of hydrogen-bond donors (Lipinski definition) is 0. The van der Waals surface area contributed by atoms with Crippen molar-refractivity contribution < 1.29 is 4.74 Å². The van der Waals surface area contributed by atoms with Crippen LogP contribution in [0.5, 0.6) is 0 Å². The van der Waals surface area contributed by atoms with Crippen LogP contribution in [-0.2, 0) is 10.3 Å². The molecule has 1 nitrogen and oxygen atoms in total. The molecule has 0 unspecified atom stereocenters. The third kappa shape index (κ3) is 2.40. The normalized spacial score (nSPS) is 14.5. The lowest BCUT2D eigenvalue weighted by molar-refractivity contribution is -0.0101. The summed E-state index contributed by atoms with van der Waals surface area (Å²) in [7, 11) is 0. The van der Waals surface area contributed by atoms with Gasteiger partial charge in [0.15, 0.2) is 0 Å². The Morgan fingerprint density at radius 2 is 1.55 bits per heavy atom. The zero-order valence-electron chi connectivity index (χ0n) is 13.6. The highest BCUT2D eigenvalue weighted by Gasteiger charge is 2.43. The van der Waals surface area contributed by atoms with Crippen LogP contribution in [0.15, 0.2) is 60.7 Å². The van der Waals surface area contributed by atoms with E-state index >= 15 is 0 Å². The number of ether oxygens (including phenoxy) is 1. The van der Waals surface area contributed by atoms with E-state index in [1.165, 1.54) is 28.7 Å². The molecule has 0 spiro atoms. The fraction of sp³-hybridized carbons (Fsp3) is 0.333. The number of unbranched alkanes of at least 4 members (excludes halogenated alkanes) is 1. The third-order valence-electron chi connectivity index (χ3n) is 4.46. The molecule has 1 aliphatic carbocycles. The second kappa shape index (κ2) is 6.10. The first-order chi connectivity index (χ1) is 10.7. The fourth-order valence-corrected chi connectivity index (χ4v) is 3.45. The third-order valence-corrected chi connectivity index (χ3v) is 4.46. The van der Waals surface area contributed by atoms with Gasteiger partial charge in [0.2, 0.25) is 0 Å². The van der Waals surface area contributed by atoms with E-state index in [4.69, 9.17) is 4.74 Å². The van der Waals surface area contributed by atoms with Gasteiger partial charge in [0.05, 0.1) is 6.61 Å². The Bertz CT molecular complexity index is 638. The molecule has 2 aromatic rings. The molecule has 0 saturated carbocycles. The van der Waals surface area contributed by atoms with E-state index in [2.05, 4.69) is 62.0 Å². The van der Waals surface area contributed by atoms with Crippen LogP contribution in [0.2, 0.25) is 0 Å². The van der Waals surface area contributed by atoms with Crippen LogP contribution >= 0.6 is 0 Å². The second-order valence-electron chi connectivity index (χ2n) is 6.27. The number of fused-ring (bicyclic) bond motifs is 3. The molecule has 0 amide bonds. The van der Waals surface area contributed by atoms with E-state index in [9.17, 15) is 0 Å². The van der Waals surface area contributed by atoms with E-state index in [-0.39, 0.29) is 5.60 Å². The molecule has 114 valence electrons. The van der Waals surface area contributed by atoms with Crippen molar-refractivity contribution in [3.8, 4) is 11.1 Å². The van der Waals surface area contributed by atoms with Crippen LogP contribution in [0.25, 0.3) is 11.1 Å². The number of hydrogen-bond acceptors (Lipinski definition) is 1. The van der Waals surface area contributed by atoms with Gasteiger partial charge in [-0.2, -0.15) is 0 Å². The molecule has 1 heteroatoms. The molecule has 0 aromatic heterocycles. The Hall–Kier alpha value is -1.86. The van der Waals surface area contributed by atoms with Crippen molar-refractivity contribution >= 4 is 0 Å². The van der Waals surface area contributed by atoms with Gasteiger partial charge in [-0.3, -0.25) is 0 Å². The molecule has 0 fully saturated rings. The van der Waals surface area contributed by atoms with Gasteiger partial charge in [0.1, 0.15) is 5.60 Å². The van der Waals surface area contributed by atoms with Crippen LogP contribution in [0.3, 0.4) is 0 Å². The number of rotatable bonds is 6. The topological polar surface area (TPSA) is 9.23 Å². The summed E-state index contributed by atoms with van der Waals surface area (Å²) in [6.07, 6.45) is 3.34. The van der Waals surface area contributed by atoms with Gasteiger partial charge in [0.25, 0.3) is 0 Å². The van der Waals surface area contributed by atoms with E-state index in [0.717, 1.165) is 18.4 Å². The summed E-state index contributed by atoms with van der Waals surface area (Å²) in [5, 5.41) is 0. The van der Waals surface area contributed by atoms with Crippen molar-refractivity contribution in [1.29, 1.82) is 0 Å².